The molecule has 0 aromatic rings. The lowest BCUT2D eigenvalue weighted by atomic mass is 10.1. The number of nitrogens with zero attached hydrogens (tertiary/aromatic N) is 2. The van der Waals surface area contributed by atoms with Crippen LogP contribution in [0.4, 0.5) is 17.6 Å². The Hall–Kier alpha value is -2.26. The van der Waals surface area contributed by atoms with Crippen LogP contribution in [-0.4, -0.2) is 42.8 Å². The number of guanidine groups is 2. The Morgan fingerprint density at radius 1 is 1.33 bits per heavy atom. The second kappa shape index (κ2) is 9.14. The highest BCUT2D eigenvalue weighted by Gasteiger charge is 2.32. The van der Waals surface area contributed by atoms with Gasteiger partial charge in [0, 0.05) is 13.1 Å². The molecule has 10 heteroatoms. The highest BCUT2D eigenvalue weighted by Crippen LogP contribution is 2.23. The van der Waals surface area contributed by atoms with Crippen LogP contribution in [0, 0.1) is 5.41 Å². The van der Waals surface area contributed by atoms with E-state index in [2.05, 4.69) is 15.0 Å². The Morgan fingerprint density at radius 3 is 2.50 bits per heavy atom. The van der Waals surface area contributed by atoms with Crippen molar-refractivity contribution in [1.82, 2.24) is 10.2 Å². The summed E-state index contributed by atoms with van der Waals surface area (Å²) in [6.07, 6.45) is 0.155. The average Bonchev–Trinajstić information content (AvgIpc) is 2.49. The molecule has 1 saturated heterocycles. The van der Waals surface area contributed by atoms with E-state index in [0.717, 1.165) is 45.4 Å². The SMILES string of the molecule is C/C(F)=C(\C=C/CN=C(N)NC(=N)N1CCCCC1)OC(F)(F)F. The number of hydrogen-bond donors (Lipinski definition) is 3. The van der Waals surface area contributed by atoms with Crippen molar-refractivity contribution in [2.24, 2.45) is 10.7 Å². The third-order valence-corrected chi connectivity index (χ3v) is 3.12. The highest BCUT2D eigenvalue weighted by atomic mass is 19.4. The molecule has 0 unspecified atom stereocenters. The van der Waals surface area contributed by atoms with E-state index in [1.165, 1.54) is 6.08 Å². The molecule has 0 radical (unpaired) electrons. The lowest BCUT2D eigenvalue weighted by molar-refractivity contribution is -0.304. The van der Waals surface area contributed by atoms with E-state index in [9.17, 15) is 17.6 Å². The highest BCUT2D eigenvalue weighted by molar-refractivity contribution is 5.96. The van der Waals surface area contributed by atoms with Crippen LogP contribution in [-0.2, 0) is 4.74 Å². The molecule has 4 N–H and O–H groups in total. The number of likely N-dealkylation sites (tertiary alicyclic amines) is 1. The summed E-state index contributed by atoms with van der Waals surface area (Å²) in [6.45, 7) is 2.28. The Bertz CT molecular complexity index is 518. The van der Waals surface area contributed by atoms with Crippen LogP contribution < -0.4 is 11.1 Å². The van der Waals surface area contributed by atoms with E-state index in [1.54, 1.807) is 0 Å². The summed E-state index contributed by atoms with van der Waals surface area (Å²) >= 11 is 0. The van der Waals surface area contributed by atoms with Gasteiger partial charge in [-0.15, -0.1) is 13.2 Å². The fourth-order valence-electron chi connectivity index (χ4n) is 2.01. The van der Waals surface area contributed by atoms with Crippen LogP contribution in [0.25, 0.3) is 0 Å². The van der Waals surface area contributed by atoms with Gasteiger partial charge in [-0.1, -0.05) is 6.08 Å². The van der Waals surface area contributed by atoms with Crippen molar-refractivity contribution in [2.75, 3.05) is 19.6 Å². The number of piperidine rings is 1. The molecule has 0 aromatic carbocycles. The molecule has 1 aliphatic rings. The summed E-state index contributed by atoms with van der Waals surface area (Å²) in [7, 11) is 0. The van der Waals surface area contributed by atoms with Gasteiger partial charge in [0.2, 0.25) is 0 Å². The number of allylic oxidation sites excluding steroid dienone is 2. The molecule has 1 aliphatic heterocycles. The fraction of sp³-hybridized carbons (Fsp3) is 0.571. The van der Waals surface area contributed by atoms with E-state index in [-0.39, 0.29) is 18.5 Å². The molecule has 0 atom stereocenters. The Morgan fingerprint density at radius 2 is 1.96 bits per heavy atom. The molecule has 0 amide bonds. The first-order chi connectivity index (χ1) is 11.2. The van der Waals surface area contributed by atoms with Crippen LogP contribution in [0.5, 0.6) is 0 Å². The number of alkyl halides is 3. The Labute approximate surface area is 137 Å². The van der Waals surface area contributed by atoms with Crippen molar-refractivity contribution in [3.63, 3.8) is 0 Å². The summed E-state index contributed by atoms with van der Waals surface area (Å²) in [4.78, 5) is 5.66. The van der Waals surface area contributed by atoms with Crippen LogP contribution >= 0.6 is 0 Å². The van der Waals surface area contributed by atoms with Gasteiger partial charge in [0.05, 0.1) is 6.54 Å². The van der Waals surface area contributed by atoms with Crippen LogP contribution in [0.2, 0.25) is 0 Å². The first-order valence-corrected chi connectivity index (χ1v) is 7.38. The van der Waals surface area contributed by atoms with Gasteiger partial charge in [-0.25, -0.2) is 9.38 Å². The van der Waals surface area contributed by atoms with Crippen molar-refractivity contribution in [3.8, 4) is 0 Å². The number of nitrogens with two attached hydrogens (primary N) is 1. The van der Waals surface area contributed by atoms with E-state index in [1.807, 2.05) is 4.90 Å². The molecule has 0 aliphatic carbocycles. The normalized spacial score (nSPS) is 17.7. The molecule has 1 rings (SSSR count). The molecule has 136 valence electrons. The zero-order valence-corrected chi connectivity index (χ0v) is 13.3. The van der Waals surface area contributed by atoms with E-state index >= 15 is 0 Å². The molecule has 1 fully saturated rings. The van der Waals surface area contributed by atoms with Gasteiger partial charge in [0.15, 0.2) is 17.7 Å². The minimum Gasteiger partial charge on any atom is -0.403 e. The van der Waals surface area contributed by atoms with Gasteiger partial charge in [0.1, 0.15) is 5.83 Å². The number of nitrogens with one attached hydrogen (secondary N) is 2. The molecule has 0 saturated carbocycles. The molecule has 1 heterocycles. The summed E-state index contributed by atoms with van der Waals surface area (Å²) in [5, 5.41) is 10.5. The number of halogens is 4. The molecular weight excluding hydrogens is 330 g/mol. The maximum absolute atomic E-state index is 13.0. The van der Waals surface area contributed by atoms with Gasteiger partial charge in [0.25, 0.3) is 0 Å². The quantitative estimate of drug-likeness (QED) is 0.239. The predicted octanol–water partition coefficient (Wildman–Crippen LogP) is 2.60. The monoisotopic (exact) mass is 351 g/mol. The maximum atomic E-state index is 13.0. The second-order valence-corrected chi connectivity index (χ2v) is 5.10. The van der Waals surface area contributed by atoms with Gasteiger partial charge in [-0.05, 0) is 32.3 Å². The number of aliphatic imine (C=N–C) groups is 1. The maximum Gasteiger partial charge on any atom is 0.573 e. The van der Waals surface area contributed by atoms with Crippen molar-refractivity contribution in [1.29, 1.82) is 5.41 Å². The summed E-state index contributed by atoms with van der Waals surface area (Å²) < 4.78 is 52.7. The fourth-order valence-corrected chi connectivity index (χ4v) is 2.01. The first kappa shape index (κ1) is 19.8. The molecular formula is C14H21F4N5O. The molecule has 24 heavy (non-hydrogen) atoms. The summed E-state index contributed by atoms with van der Waals surface area (Å²) in [6, 6.07) is 0. The third-order valence-electron chi connectivity index (χ3n) is 3.12. The van der Waals surface area contributed by atoms with Crippen LogP contribution in [0.3, 0.4) is 0 Å². The molecule has 0 aromatic heterocycles. The molecule has 0 bridgehead atoms. The minimum atomic E-state index is -4.97. The van der Waals surface area contributed by atoms with Crippen molar-refractivity contribution < 1.29 is 22.3 Å². The summed E-state index contributed by atoms with van der Waals surface area (Å²) in [5.74, 6) is -1.97. The van der Waals surface area contributed by atoms with E-state index < -0.39 is 17.9 Å². The van der Waals surface area contributed by atoms with Crippen molar-refractivity contribution in [3.05, 3.63) is 23.7 Å². The lowest BCUT2D eigenvalue weighted by Crippen LogP contribution is -2.48. The largest absolute Gasteiger partial charge is 0.573 e. The zero-order valence-electron chi connectivity index (χ0n) is 13.3. The molecule has 0 spiro atoms. The van der Waals surface area contributed by atoms with Crippen molar-refractivity contribution >= 4 is 11.9 Å². The standard InChI is InChI=1S/C14H21F4N5O/c1-10(15)11(24-14(16,17)18)6-5-7-21-12(19)22-13(20)23-8-3-2-4-9-23/h5-6H,2-4,7-9H2,1H3,(H4,19,20,21,22)/b6-5-,11-10-. The topological polar surface area (TPSA) is 86.7 Å². The van der Waals surface area contributed by atoms with Crippen molar-refractivity contribution in [2.45, 2.75) is 32.5 Å². The predicted molar refractivity (Wildman–Crippen MR) is 82.9 cm³/mol. The lowest BCUT2D eigenvalue weighted by Gasteiger charge is -2.28. The summed E-state index contributed by atoms with van der Waals surface area (Å²) in [5.41, 5.74) is 5.60. The zero-order chi connectivity index (χ0) is 18.2. The van der Waals surface area contributed by atoms with E-state index in [0.29, 0.717) is 0 Å². The van der Waals surface area contributed by atoms with Crippen LogP contribution in [0.15, 0.2) is 28.7 Å². The van der Waals surface area contributed by atoms with Gasteiger partial charge in [-0.3, -0.25) is 10.7 Å². The third kappa shape index (κ3) is 7.84. The number of rotatable bonds is 4. The Balaban J connectivity index is 2.49. The Kier molecular flexibility index (Phi) is 7.53. The minimum absolute atomic E-state index is 0.0468. The number of hydrogen-bond acceptors (Lipinski definition) is 3. The average molecular weight is 351 g/mol. The van der Waals surface area contributed by atoms with E-state index in [4.69, 9.17) is 11.1 Å². The van der Waals surface area contributed by atoms with Gasteiger partial charge in [-0.2, -0.15) is 0 Å². The second-order valence-electron chi connectivity index (χ2n) is 5.10. The smallest absolute Gasteiger partial charge is 0.403 e. The van der Waals surface area contributed by atoms with Gasteiger partial charge < -0.3 is 15.4 Å². The first-order valence-electron chi connectivity index (χ1n) is 7.38. The molecule has 6 nitrogen and oxygen atoms in total. The van der Waals surface area contributed by atoms with Gasteiger partial charge >= 0.3 is 6.36 Å². The number of ether oxygens (including phenoxy) is 1. The van der Waals surface area contributed by atoms with Crippen LogP contribution in [0.1, 0.15) is 26.2 Å².